The van der Waals surface area contributed by atoms with Crippen LogP contribution in [0.5, 0.6) is 0 Å². The van der Waals surface area contributed by atoms with Gasteiger partial charge in [-0.1, -0.05) is 72.9 Å². The molecule has 0 saturated heterocycles. The lowest BCUT2D eigenvalue weighted by atomic mass is 9.84. The lowest BCUT2D eigenvalue weighted by molar-refractivity contribution is 0.0695. The summed E-state index contributed by atoms with van der Waals surface area (Å²) in [7, 11) is 0. The maximum absolute atomic E-state index is 12.2. The third kappa shape index (κ3) is 6.36. The van der Waals surface area contributed by atoms with Gasteiger partial charge in [-0.2, -0.15) is 0 Å². The summed E-state index contributed by atoms with van der Waals surface area (Å²) in [6, 6.07) is 16.3. The van der Waals surface area contributed by atoms with E-state index in [0.29, 0.717) is 17.0 Å². The number of carbonyl (C=O) groups excluding carboxylic acids is 1. The number of hydrogen-bond acceptors (Lipinski definition) is 3. The summed E-state index contributed by atoms with van der Waals surface area (Å²) in [6.45, 7) is 0. The van der Waals surface area contributed by atoms with Crippen LogP contribution in [0.25, 0.3) is 0 Å². The molecule has 29 heavy (non-hydrogen) atoms. The molecule has 0 unspecified atom stereocenters. The van der Waals surface area contributed by atoms with Gasteiger partial charge in [0.15, 0.2) is 0 Å². The number of carboxylic acid groups (broad SMARTS) is 1. The molecule has 0 spiro atoms. The van der Waals surface area contributed by atoms with E-state index in [1.807, 2.05) is 41.2 Å². The average molecular weight is 411 g/mol. The fraction of sp³-hybridized carbons (Fsp3) is 0.250. The van der Waals surface area contributed by atoms with E-state index in [0.717, 1.165) is 0 Å². The van der Waals surface area contributed by atoms with Crippen LogP contribution in [0.4, 0.5) is 0 Å². The molecule has 1 saturated carbocycles. The van der Waals surface area contributed by atoms with E-state index in [1.165, 1.54) is 37.7 Å². The molecule has 1 heterocycles. The van der Waals surface area contributed by atoms with Crippen LogP contribution in [0.2, 0.25) is 0 Å². The maximum Gasteiger partial charge on any atom is 0.348 e. The molecule has 4 rings (SSSR count). The fourth-order valence-electron chi connectivity index (χ4n) is 3.46. The van der Waals surface area contributed by atoms with Crippen molar-refractivity contribution in [2.75, 3.05) is 0 Å². The Morgan fingerprint density at radius 1 is 0.862 bits per heavy atom. The SMILES string of the molecule is O=C(O)c1ccccc1.O=C(O[SH]1C=CC=C1)c1cccc(C2CCCCC2)c1. The first-order valence-electron chi connectivity index (χ1n) is 9.87. The van der Waals surface area contributed by atoms with Crippen molar-refractivity contribution < 1.29 is 18.9 Å². The zero-order valence-corrected chi connectivity index (χ0v) is 17.1. The molecule has 2 aliphatic rings. The Morgan fingerprint density at radius 2 is 1.52 bits per heavy atom. The molecule has 5 heteroatoms. The van der Waals surface area contributed by atoms with Gasteiger partial charge in [-0.3, -0.25) is 0 Å². The number of aromatic carboxylic acids is 1. The number of rotatable bonds is 4. The minimum atomic E-state index is -0.879. The van der Waals surface area contributed by atoms with Crippen LogP contribution in [-0.2, 0) is 4.18 Å². The average Bonchev–Trinajstić information content (AvgIpc) is 3.28. The zero-order chi connectivity index (χ0) is 20.5. The molecular weight excluding hydrogens is 384 g/mol. The standard InChI is InChI=1S/C17H20O2S.C7H6O2/c18-17(19-20-11-4-5-12-20)16-10-6-9-15(13-16)14-7-2-1-3-8-14;8-7(9)6-4-2-1-3-5-6/h4-6,9-14,20H,1-3,7-8H2;1-5H,(H,8,9). The molecule has 0 radical (unpaired) electrons. The van der Waals surface area contributed by atoms with Crippen molar-refractivity contribution in [2.45, 2.75) is 38.0 Å². The maximum atomic E-state index is 12.2. The topological polar surface area (TPSA) is 63.6 Å². The summed E-state index contributed by atoms with van der Waals surface area (Å²) in [4.78, 5) is 22.4. The summed E-state index contributed by atoms with van der Waals surface area (Å²) < 4.78 is 5.49. The predicted octanol–water partition coefficient (Wildman–Crippen LogP) is 6.23. The third-order valence-electron chi connectivity index (χ3n) is 4.99. The number of hydrogen-bond donors (Lipinski definition) is 2. The summed E-state index contributed by atoms with van der Waals surface area (Å²) >= 11 is -0.843. The van der Waals surface area contributed by atoms with Gasteiger partial charge in [0.1, 0.15) is 0 Å². The summed E-state index contributed by atoms with van der Waals surface area (Å²) in [5, 5.41) is 12.3. The summed E-state index contributed by atoms with van der Waals surface area (Å²) in [5.41, 5.74) is 2.31. The first kappa shape index (κ1) is 20.9. The molecule has 4 nitrogen and oxygen atoms in total. The van der Waals surface area contributed by atoms with Gasteiger partial charge in [-0.25, -0.2) is 9.59 Å². The second kappa shape index (κ2) is 10.7. The van der Waals surface area contributed by atoms with Crippen LogP contribution in [0, 0.1) is 0 Å². The van der Waals surface area contributed by atoms with E-state index in [4.69, 9.17) is 9.29 Å². The molecular formula is C24H26O4S. The second-order valence-electron chi connectivity index (χ2n) is 7.05. The van der Waals surface area contributed by atoms with Crippen molar-refractivity contribution >= 4 is 23.1 Å². The van der Waals surface area contributed by atoms with Gasteiger partial charge in [-0.15, -0.1) is 0 Å². The van der Waals surface area contributed by atoms with Gasteiger partial charge in [0, 0.05) is 0 Å². The fourth-order valence-corrected chi connectivity index (χ4v) is 4.52. The molecule has 1 aliphatic heterocycles. The molecule has 2 aromatic carbocycles. The van der Waals surface area contributed by atoms with Crippen molar-refractivity contribution in [1.82, 2.24) is 0 Å². The monoisotopic (exact) mass is 410 g/mol. The van der Waals surface area contributed by atoms with E-state index >= 15 is 0 Å². The predicted molar refractivity (Wildman–Crippen MR) is 118 cm³/mol. The van der Waals surface area contributed by atoms with Crippen LogP contribution in [-0.4, -0.2) is 17.0 Å². The Bertz CT molecular complexity index is 871. The highest BCUT2D eigenvalue weighted by molar-refractivity contribution is 8.18. The van der Waals surface area contributed by atoms with Gasteiger partial charge in [0.2, 0.25) is 0 Å². The minimum absolute atomic E-state index is 0.204. The quantitative estimate of drug-likeness (QED) is 0.586. The van der Waals surface area contributed by atoms with Gasteiger partial charge < -0.3 is 9.29 Å². The van der Waals surface area contributed by atoms with Crippen molar-refractivity contribution in [2.24, 2.45) is 0 Å². The van der Waals surface area contributed by atoms with Gasteiger partial charge in [-0.05, 0) is 59.4 Å². The van der Waals surface area contributed by atoms with Crippen molar-refractivity contribution in [3.8, 4) is 0 Å². The smallest absolute Gasteiger partial charge is 0.348 e. The highest BCUT2D eigenvalue weighted by Crippen LogP contribution is 2.36. The lowest BCUT2D eigenvalue weighted by Crippen LogP contribution is -2.07. The summed E-state index contributed by atoms with van der Waals surface area (Å²) in [5.74, 6) is -0.464. The Hall–Kier alpha value is -2.79. The molecule has 0 amide bonds. The van der Waals surface area contributed by atoms with Gasteiger partial charge in [0.05, 0.1) is 11.1 Å². The molecule has 1 fully saturated rings. The van der Waals surface area contributed by atoms with Crippen molar-refractivity contribution in [1.29, 1.82) is 0 Å². The van der Waals surface area contributed by atoms with Crippen molar-refractivity contribution in [3.05, 3.63) is 94.3 Å². The van der Waals surface area contributed by atoms with E-state index in [-0.39, 0.29) is 5.97 Å². The molecule has 1 N–H and O–H groups in total. The Kier molecular flexibility index (Phi) is 7.70. The molecule has 2 aromatic rings. The Labute approximate surface area is 174 Å². The molecule has 0 aromatic heterocycles. The van der Waals surface area contributed by atoms with Crippen LogP contribution in [0.3, 0.4) is 0 Å². The van der Waals surface area contributed by atoms with Crippen LogP contribution < -0.4 is 0 Å². The first-order valence-corrected chi connectivity index (χ1v) is 11.3. The van der Waals surface area contributed by atoms with E-state index in [1.54, 1.807) is 30.3 Å². The largest absolute Gasteiger partial charge is 0.478 e. The Morgan fingerprint density at radius 3 is 2.14 bits per heavy atom. The number of benzene rings is 2. The van der Waals surface area contributed by atoms with Crippen LogP contribution >= 0.6 is 11.2 Å². The number of carbonyl (C=O) groups is 2. The zero-order valence-electron chi connectivity index (χ0n) is 16.2. The lowest BCUT2D eigenvalue weighted by Gasteiger charge is -2.22. The molecule has 1 aliphatic carbocycles. The van der Waals surface area contributed by atoms with Gasteiger partial charge >= 0.3 is 11.9 Å². The number of thiol groups is 1. The number of carboxylic acids is 1. The highest BCUT2D eigenvalue weighted by atomic mass is 32.2. The molecule has 152 valence electrons. The number of allylic oxidation sites excluding steroid dienone is 2. The van der Waals surface area contributed by atoms with Crippen LogP contribution in [0.1, 0.15) is 64.3 Å². The van der Waals surface area contributed by atoms with Crippen LogP contribution in [0.15, 0.2) is 77.6 Å². The van der Waals surface area contributed by atoms with E-state index in [2.05, 4.69) is 6.07 Å². The second-order valence-corrected chi connectivity index (χ2v) is 8.55. The minimum Gasteiger partial charge on any atom is -0.478 e. The highest BCUT2D eigenvalue weighted by Gasteiger charge is 2.18. The van der Waals surface area contributed by atoms with E-state index in [9.17, 15) is 9.59 Å². The van der Waals surface area contributed by atoms with E-state index < -0.39 is 17.1 Å². The molecule has 0 atom stereocenters. The Balaban J connectivity index is 0.000000224. The summed E-state index contributed by atoms with van der Waals surface area (Å²) in [6.07, 6.45) is 10.3. The first-order chi connectivity index (χ1) is 14.1. The third-order valence-corrected chi connectivity index (χ3v) is 6.29. The van der Waals surface area contributed by atoms with Crippen molar-refractivity contribution in [3.63, 3.8) is 0 Å². The normalized spacial score (nSPS) is 16.8. The van der Waals surface area contributed by atoms with Gasteiger partial charge in [0.25, 0.3) is 0 Å². The molecule has 0 bridgehead atoms.